The Labute approximate surface area is 82.1 Å². The van der Waals surface area contributed by atoms with Gasteiger partial charge in [-0.1, -0.05) is 6.08 Å². The van der Waals surface area contributed by atoms with Crippen molar-refractivity contribution < 1.29 is 17.9 Å². The lowest BCUT2D eigenvalue weighted by molar-refractivity contribution is -0.173. The van der Waals surface area contributed by atoms with Gasteiger partial charge in [0.15, 0.2) is 0 Å². The maximum Gasteiger partial charge on any atom is 0.411 e. The van der Waals surface area contributed by atoms with Crippen molar-refractivity contribution >= 4 is 0 Å². The van der Waals surface area contributed by atoms with Gasteiger partial charge in [-0.15, -0.1) is 6.58 Å². The third kappa shape index (κ3) is 9.54. The average Bonchev–Trinajstić information content (AvgIpc) is 2.02. The summed E-state index contributed by atoms with van der Waals surface area (Å²) in [6.07, 6.45) is -1.68. The predicted octanol–water partition coefficient (Wildman–Crippen LogP) is 2.12. The summed E-state index contributed by atoms with van der Waals surface area (Å²) in [5, 5.41) is 3.01. The summed E-state index contributed by atoms with van der Waals surface area (Å²) in [7, 11) is 0. The molecule has 0 amide bonds. The van der Waals surface area contributed by atoms with Gasteiger partial charge in [-0.25, -0.2) is 0 Å². The molecule has 0 heterocycles. The molecule has 0 bridgehead atoms. The zero-order valence-corrected chi connectivity index (χ0v) is 8.23. The molecule has 14 heavy (non-hydrogen) atoms. The summed E-state index contributed by atoms with van der Waals surface area (Å²) < 4.78 is 39.2. The molecule has 0 radical (unpaired) electrons. The quantitative estimate of drug-likeness (QED) is 0.514. The van der Waals surface area contributed by atoms with E-state index < -0.39 is 12.8 Å². The average molecular weight is 211 g/mol. The highest BCUT2D eigenvalue weighted by Crippen LogP contribution is 2.13. The highest BCUT2D eigenvalue weighted by Gasteiger charge is 2.27. The van der Waals surface area contributed by atoms with Crippen molar-refractivity contribution in [3.63, 3.8) is 0 Å². The molecule has 0 aliphatic carbocycles. The highest BCUT2D eigenvalue weighted by atomic mass is 19.4. The lowest BCUT2D eigenvalue weighted by Crippen LogP contribution is -2.30. The van der Waals surface area contributed by atoms with Gasteiger partial charge in [0.05, 0.1) is 6.61 Å². The van der Waals surface area contributed by atoms with Crippen molar-refractivity contribution in [3.05, 3.63) is 12.7 Å². The van der Waals surface area contributed by atoms with E-state index in [9.17, 15) is 13.2 Å². The summed E-state index contributed by atoms with van der Waals surface area (Å²) in [5.74, 6) is 0. The van der Waals surface area contributed by atoms with Crippen molar-refractivity contribution in [2.75, 3.05) is 19.8 Å². The van der Waals surface area contributed by atoms with E-state index in [2.05, 4.69) is 16.6 Å². The number of halogens is 3. The van der Waals surface area contributed by atoms with Crippen LogP contribution in [-0.4, -0.2) is 32.0 Å². The summed E-state index contributed by atoms with van der Waals surface area (Å²) in [4.78, 5) is 0. The Hall–Kier alpha value is -0.550. The van der Waals surface area contributed by atoms with Gasteiger partial charge >= 0.3 is 6.18 Å². The molecule has 0 aromatic carbocycles. The Bertz CT molecular complexity index is 159. The molecular formula is C9H16F3NO. The zero-order valence-electron chi connectivity index (χ0n) is 8.23. The minimum absolute atomic E-state index is 0.0704. The monoisotopic (exact) mass is 211 g/mol. The first-order valence-electron chi connectivity index (χ1n) is 4.44. The summed E-state index contributed by atoms with van der Waals surface area (Å²) in [6, 6.07) is 0.224. The molecule has 0 rings (SSSR count). The molecule has 0 saturated heterocycles. The first-order chi connectivity index (χ1) is 6.45. The van der Waals surface area contributed by atoms with Crippen LogP contribution in [0.25, 0.3) is 0 Å². The third-order valence-electron chi connectivity index (χ3n) is 1.53. The van der Waals surface area contributed by atoms with Crippen LogP contribution in [0.1, 0.15) is 13.3 Å². The van der Waals surface area contributed by atoms with Gasteiger partial charge in [0.25, 0.3) is 0 Å². The maximum absolute atomic E-state index is 11.6. The van der Waals surface area contributed by atoms with Gasteiger partial charge in [-0.2, -0.15) is 13.2 Å². The van der Waals surface area contributed by atoms with Gasteiger partial charge in [-0.05, 0) is 13.3 Å². The fourth-order valence-electron chi connectivity index (χ4n) is 0.899. The molecule has 1 unspecified atom stereocenters. The molecule has 0 spiro atoms. The molecule has 1 N–H and O–H groups in total. The van der Waals surface area contributed by atoms with Crippen LogP contribution in [0.4, 0.5) is 13.2 Å². The van der Waals surface area contributed by atoms with Gasteiger partial charge < -0.3 is 10.1 Å². The molecule has 0 aromatic rings. The number of hydrogen-bond acceptors (Lipinski definition) is 2. The summed E-state index contributed by atoms with van der Waals surface area (Å²) >= 11 is 0. The fourth-order valence-corrected chi connectivity index (χ4v) is 0.899. The van der Waals surface area contributed by atoms with E-state index in [1.807, 2.05) is 6.92 Å². The SMILES string of the molecule is C=CCC(C)NCCOCC(F)(F)F. The Morgan fingerprint density at radius 1 is 1.50 bits per heavy atom. The molecule has 1 atom stereocenters. The normalized spacial score (nSPS) is 14.0. The Balaban J connectivity index is 3.25. The van der Waals surface area contributed by atoms with E-state index >= 15 is 0 Å². The van der Waals surface area contributed by atoms with Crippen LogP contribution in [0.3, 0.4) is 0 Å². The van der Waals surface area contributed by atoms with Crippen molar-refractivity contribution in [1.82, 2.24) is 5.32 Å². The Morgan fingerprint density at radius 2 is 2.14 bits per heavy atom. The molecule has 0 aliphatic rings. The van der Waals surface area contributed by atoms with E-state index in [-0.39, 0.29) is 12.6 Å². The fraction of sp³-hybridized carbons (Fsp3) is 0.778. The van der Waals surface area contributed by atoms with Crippen LogP contribution < -0.4 is 5.32 Å². The Morgan fingerprint density at radius 3 is 2.64 bits per heavy atom. The van der Waals surface area contributed by atoms with Gasteiger partial charge in [0.2, 0.25) is 0 Å². The lowest BCUT2D eigenvalue weighted by Gasteiger charge is -2.12. The first-order valence-corrected chi connectivity index (χ1v) is 4.44. The molecule has 5 heteroatoms. The van der Waals surface area contributed by atoms with Crippen LogP contribution in [0, 0.1) is 0 Å². The van der Waals surface area contributed by atoms with Crippen LogP contribution in [0.5, 0.6) is 0 Å². The maximum atomic E-state index is 11.6. The molecule has 84 valence electrons. The van der Waals surface area contributed by atoms with Crippen LogP contribution >= 0.6 is 0 Å². The first kappa shape index (κ1) is 13.4. The van der Waals surface area contributed by atoms with E-state index in [1.54, 1.807) is 6.08 Å². The summed E-state index contributed by atoms with van der Waals surface area (Å²) in [6.45, 7) is 4.81. The number of ether oxygens (including phenoxy) is 1. The molecular weight excluding hydrogens is 195 g/mol. The van der Waals surface area contributed by atoms with Gasteiger partial charge in [0.1, 0.15) is 6.61 Å². The van der Waals surface area contributed by atoms with Crippen molar-refractivity contribution in [3.8, 4) is 0 Å². The molecule has 0 saturated carbocycles. The van der Waals surface area contributed by atoms with E-state index in [1.165, 1.54) is 0 Å². The van der Waals surface area contributed by atoms with Crippen molar-refractivity contribution in [2.45, 2.75) is 25.6 Å². The topological polar surface area (TPSA) is 21.3 Å². The number of rotatable bonds is 7. The van der Waals surface area contributed by atoms with Gasteiger partial charge in [-0.3, -0.25) is 0 Å². The van der Waals surface area contributed by atoms with E-state index in [4.69, 9.17) is 0 Å². The van der Waals surface area contributed by atoms with Crippen LogP contribution in [0.2, 0.25) is 0 Å². The molecule has 0 aliphatic heterocycles. The summed E-state index contributed by atoms with van der Waals surface area (Å²) in [5.41, 5.74) is 0. The molecule has 0 fully saturated rings. The van der Waals surface area contributed by atoms with E-state index in [0.29, 0.717) is 6.54 Å². The smallest absolute Gasteiger partial charge is 0.371 e. The van der Waals surface area contributed by atoms with Crippen molar-refractivity contribution in [2.24, 2.45) is 0 Å². The molecule has 0 aromatic heterocycles. The highest BCUT2D eigenvalue weighted by molar-refractivity contribution is 4.74. The Kier molecular flexibility index (Phi) is 6.57. The second kappa shape index (κ2) is 6.84. The zero-order chi connectivity index (χ0) is 11.0. The number of alkyl halides is 3. The number of hydrogen-bond donors (Lipinski definition) is 1. The minimum Gasteiger partial charge on any atom is -0.371 e. The standard InChI is InChI=1S/C9H16F3NO/c1-3-4-8(2)13-5-6-14-7-9(10,11)12/h3,8,13H,1,4-7H2,2H3. The van der Waals surface area contributed by atoms with E-state index in [0.717, 1.165) is 6.42 Å². The molecule has 2 nitrogen and oxygen atoms in total. The van der Waals surface area contributed by atoms with Crippen LogP contribution in [0.15, 0.2) is 12.7 Å². The van der Waals surface area contributed by atoms with Crippen LogP contribution in [-0.2, 0) is 4.74 Å². The number of nitrogens with one attached hydrogen (secondary N) is 1. The predicted molar refractivity (Wildman–Crippen MR) is 49.2 cm³/mol. The lowest BCUT2D eigenvalue weighted by atomic mass is 10.2. The minimum atomic E-state index is -4.23. The van der Waals surface area contributed by atoms with Gasteiger partial charge in [0, 0.05) is 12.6 Å². The largest absolute Gasteiger partial charge is 0.411 e. The van der Waals surface area contributed by atoms with Crippen molar-refractivity contribution in [1.29, 1.82) is 0 Å². The second-order valence-corrected chi connectivity index (χ2v) is 3.05. The second-order valence-electron chi connectivity index (χ2n) is 3.05. The third-order valence-corrected chi connectivity index (χ3v) is 1.53.